The third-order valence-electron chi connectivity index (χ3n) is 3.51. The molecular formula is C11H17F3N2O3. The van der Waals surface area contributed by atoms with Crippen molar-refractivity contribution in [2.24, 2.45) is 5.41 Å². The number of hydrogen-bond donors (Lipinski definition) is 2. The van der Waals surface area contributed by atoms with E-state index < -0.39 is 12.1 Å². The van der Waals surface area contributed by atoms with Gasteiger partial charge >= 0.3 is 12.1 Å². The molecule has 5 nitrogen and oxygen atoms in total. The summed E-state index contributed by atoms with van der Waals surface area (Å²) in [5, 5.41) is 10.4. The van der Waals surface area contributed by atoms with Gasteiger partial charge in [-0.3, -0.25) is 4.79 Å². The molecule has 2 saturated heterocycles. The van der Waals surface area contributed by atoms with E-state index in [2.05, 4.69) is 5.32 Å². The number of piperidine rings is 1. The fourth-order valence-electron chi connectivity index (χ4n) is 2.13. The fourth-order valence-corrected chi connectivity index (χ4v) is 2.13. The van der Waals surface area contributed by atoms with Gasteiger partial charge in [0, 0.05) is 33.1 Å². The van der Waals surface area contributed by atoms with Crippen LogP contribution in [0.1, 0.15) is 19.8 Å². The number of carbonyl (C=O) groups excluding carboxylic acids is 1. The largest absolute Gasteiger partial charge is 0.490 e. The summed E-state index contributed by atoms with van der Waals surface area (Å²) in [5.74, 6) is -2.52. The predicted octanol–water partition coefficient (Wildman–Crippen LogP) is 0.852. The van der Waals surface area contributed by atoms with Crippen molar-refractivity contribution in [1.82, 2.24) is 10.2 Å². The van der Waals surface area contributed by atoms with Crippen LogP contribution in [-0.2, 0) is 9.59 Å². The molecule has 2 heterocycles. The van der Waals surface area contributed by atoms with E-state index in [1.165, 1.54) is 25.9 Å². The first kappa shape index (κ1) is 15.7. The van der Waals surface area contributed by atoms with Gasteiger partial charge in [0.15, 0.2) is 0 Å². The molecule has 0 aromatic carbocycles. The Hall–Kier alpha value is -1.31. The number of rotatable bonds is 0. The lowest BCUT2D eigenvalue weighted by molar-refractivity contribution is -0.192. The zero-order chi connectivity index (χ0) is 14.7. The van der Waals surface area contributed by atoms with Crippen LogP contribution >= 0.6 is 0 Å². The van der Waals surface area contributed by atoms with Crippen molar-refractivity contribution in [3.8, 4) is 0 Å². The maximum Gasteiger partial charge on any atom is 0.490 e. The smallest absolute Gasteiger partial charge is 0.475 e. The van der Waals surface area contributed by atoms with Crippen LogP contribution in [-0.4, -0.2) is 54.2 Å². The van der Waals surface area contributed by atoms with E-state index in [-0.39, 0.29) is 5.91 Å². The molecule has 0 aromatic heterocycles. The molecule has 2 aliphatic heterocycles. The van der Waals surface area contributed by atoms with Gasteiger partial charge < -0.3 is 15.3 Å². The number of nitrogens with zero attached hydrogens (tertiary/aromatic N) is 1. The van der Waals surface area contributed by atoms with Crippen LogP contribution < -0.4 is 5.32 Å². The maximum absolute atomic E-state index is 11.0. The number of carboxylic acid groups (broad SMARTS) is 1. The van der Waals surface area contributed by atoms with Crippen molar-refractivity contribution in [2.45, 2.75) is 25.9 Å². The number of halogens is 3. The highest BCUT2D eigenvalue weighted by Gasteiger charge is 2.40. The van der Waals surface area contributed by atoms with E-state index in [9.17, 15) is 18.0 Å². The lowest BCUT2D eigenvalue weighted by atomic mass is 9.73. The molecule has 0 atom stereocenters. The molecule has 2 fully saturated rings. The first-order valence-corrected chi connectivity index (χ1v) is 5.93. The zero-order valence-corrected chi connectivity index (χ0v) is 10.6. The maximum atomic E-state index is 11.0. The molecule has 0 radical (unpaired) electrons. The fraction of sp³-hybridized carbons (Fsp3) is 0.818. The van der Waals surface area contributed by atoms with E-state index in [0.29, 0.717) is 5.41 Å². The predicted molar refractivity (Wildman–Crippen MR) is 60.5 cm³/mol. The molecule has 2 N–H and O–H groups in total. The van der Waals surface area contributed by atoms with Crippen LogP contribution in [0.3, 0.4) is 0 Å². The van der Waals surface area contributed by atoms with Crippen molar-refractivity contribution in [3.05, 3.63) is 0 Å². The van der Waals surface area contributed by atoms with Crippen molar-refractivity contribution in [1.29, 1.82) is 0 Å². The standard InChI is InChI=1S/C9H16N2O.C2HF3O2/c1-8(12)11-4-2-9(3-5-11)6-10-7-9;3-2(4,5)1(6)7/h10H,2-7H2,1H3;(H,6,7). The Morgan fingerprint density at radius 1 is 1.21 bits per heavy atom. The second kappa shape index (κ2) is 5.77. The minimum absolute atomic E-state index is 0.233. The Labute approximate surface area is 108 Å². The highest BCUT2D eigenvalue weighted by atomic mass is 19.4. The molecule has 0 unspecified atom stereocenters. The summed E-state index contributed by atoms with van der Waals surface area (Å²) in [7, 11) is 0. The number of amides is 1. The number of alkyl halides is 3. The minimum Gasteiger partial charge on any atom is -0.475 e. The number of aliphatic carboxylic acids is 1. The lowest BCUT2D eigenvalue weighted by Crippen LogP contribution is -2.58. The van der Waals surface area contributed by atoms with Crippen LogP contribution in [0, 0.1) is 5.41 Å². The minimum atomic E-state index is -5.08. The molecule has 19 heavy (non-hydrogen) atoms. The first-order chi connectivity index (χ1) is 8.66. The van der Waals surface area contributed by atoms with Gasteiger partial charge in [-0.25, -0.2) is 4.79 Å². The topological polar surface area (TPSA) is 69.6 Å². The molecule has 0 aliphatic carbocycles. The van der Waals surface area contributed by atoms with Gasteiger partial charge in [-0.1, -0.05) is 0 Å². The molecule has 0 saturated carbocycles. The summed E-state index contributed by atoms with van der Waals surface area (Å²) in [6.45, 7) is 5.93. The number of likely N-dealkylation sites (tertiary alicyclic amines) is 1. The lowest BCUT2D eigenvalue weighted by Gasteiger charge is -2.48. The van der Waals surface area contributed by atoms with Crippen molar-refractivity contribution < 1.29 is 27.9 Å². The molecule has 0 bridgehead atoms. The van der Waals surface area contributed by atoms with Gasteiger partial charge in [-0.2, -0.15) is 13.2 Å². The van der Waals surface area contributed by atoms with Gasteiger partial charge in [0.25, 0.3) is 0 Å². The highest BCUT2D eigenvalue weighted by molar-refractivity contribution is 5.73. The quantitative estimate of drug-likeness (QED) is 0.691. The van der Waals surface area contributed by atoms with Crippen LogP contribution in [0.5, 0.6) is 0 Å². The Morgan fingerprint density at radius 3 is 1.84 bits per heavy atom. The van der Waals surface area contributed by atoms with E-state index in [1.807, 2.05) is 4.90 Å². The van der Waals surface area contributed by atoms with Crippen LogP contribution in [0.25, 0.3) is 0 Å². The summed E-state index contributed by atoms with van der Waals surface area (Å²) < 4.78 is 31.7. The Bertz CT molecular complexity index is 344. The van der Waals surface area contributed by atoms with Crippen LogP contribution in [0.2, 0.25) is 0 Å². The number of hydrogen-bond acceptors (Lipinski definition) is 3. The first-order valence-electron chi connectivity index (χ1n) is 5.93. The van der Waals surface area contributed by atoms with Crippen molar-refractivity contribution >= 4 is 11.9 Å². The molecule has 8 heteroatoms. The SMILES string of the molecule is CC(=O)N1CCC2(CC1)CNC2.O=C(O)C(F)(F)F. The summed E-state index contributed by atoms with van der Waals surface area (Å²) in [4.78, 5) is 21.9. The van der Waals surface area contributed by atoms with Gasteiger partial charge in [0.1, 0.15) is 0 Å². The number of carbonyl (C=O) groups is 2. The molecular weight excluding hydrogens is 265 g/mol. The normalized spacial score (nSPS) is 21.2. The van der Waals surface area contributed by atoms with E-state index in [0.717, 1.165) is 13.1 Å². The second-order valence-electron chi connectivity index (χ2n) is 4.91. The molecule has 110 valence electrons. The van der Waals surface area contributed by atoms with E-state index >= 15 is 0 Å². The van der Waals surface area contributed by atoms with Gasteiger partial charge in [0.05, 0.1) is 0 Å². The van der Waals surface area contributed by atoms with Gasteiger partial charge in [0.2, 0.25) is 5.91 Å². The highest BCUT2D eigenvalue weighted by Crippen LogP contribution is 2.34. The Balaban J connectivity index is 0.000000224. The Morgan fingerprint density at radius 2 is 1.63 bits per heavy atom. The average molecular weight is 282 g/mol. The summed E-state index contributed by atoms with van der Waals surface area (Å²) in [6.07, 6.45) is -2.70. The van der Waals surface area contributed by atoms with Gasteiger partial charge in [-0.15, -0.1) is 0 Å². The molecule has 0 aromatic rings. The molecule has 1 spiro atoms. The molecule has 2 aliphatic rings. The zero-order valence-electron chi connectivity index (χ0n) is 10.6. The molecule has 1 amide bonds. The summed E-state index contributed by atoms with van der Waals surface area (Å²) >= 11 is 0. The van der Waals surface area contributed by atoms with E-state index in [1.54, 1.807) is 6.92 Å². The number of carboxylic acids is 1. The third kappa shape index (κ3) is 4.38. The van der Waals surface area contributed by atoms with Crippen molar-refractivity contribution in [3.63, 3.8) is 0 Å². The average Bonchev–Trinajstić information content (AvgIpc) is 2.26. The third-order valence-corrected chi connectivity index (χ3v) is 3.51. The van der Waals surface area contributed by atoms with E-state index in [4.69, 9.17) is 9.90 Å². The van der Waals surface area contributed by atoms with Gasteiger partial charge in [-0.05, 0) is 18.3 Å². The van der Waals surface area contributed by atoms with Crippen molar-refractivity contribution in [2.75, 3.05) is 26.2 Å². The summed E-state index contributed by atoms with van der Waals surface area (Å²) in [5.41, 5.74) is 0.561. The Kier molecular flexibility index (Phi) is 4.78. The number of nitrogens with one attached hydrogen (secondary N) is 1. The van der Waals surface area contributed by atoms with Crippen LogP contribution in [0.4, 0.5) is 13.2 Å². The second-order valence-corrected chi connectivity index (χ2v) is 4.91. The van der Waals surface area contributed by atoms with Crippen LogP contribution in [0.15, 0.2) is 0 Å². The molecule has 2 rings (SSSR count). The monoisotopic (exact) mass is 282 g/mol. The summed E-state index contributed by atoms with van der Waals surface area (Å²) in [6, 6.07) is 0.